The molecule has 0 aromatic carbocycles. The highest BCUT2D eigenvalue weighted by Crippen LogP contribution is 2.19. The molecular weight excluding hydrogens is 260 g/mol. The first-order valence-electron chi connectivity index (χ1n) is 6.40. The van der Waals surface area contributed by atoms with E-state index in [1.165, 1.54) is 11.8 Å². The van der Waals surface area contributed by atoms with Gasteiger partial charge >= 0.3 is 0 Å². The van der Waals surface area contributed by atoms with Crippen molar-refractivity contribution in [2.24, 2.45) is 0 Å². The summed E-state index contributed by atoms with van der Waals surface area (Å²) >= 11 is 1.43. The van der Waals surface area contributed by atoms with Gasteiger partial charge in [0.25, 0.3) is 0 Å². The molecule has 0 bridgehead atoms. The van der Waals surface area contributed by atoms with Gasteiger partial charge in [-0.15, -0.1) is 10.2 Å². The highest BCUT2D eigenvalue weighted by atomic mass is 32.2. The number of carbonyl (C=O) groups is 1. The van der Waals surface area contributed by atoms with Crippen LogP contribution in [-0.2, 0) is 4.79 Å². The Morgan fingerprint density at radius 1 is 1.58 bits per heavy atom. The predicted molar refractivity (Wildman–Crippen MR) is 78.2 cm³/mol. The third kappa shape index (κ3) is 4.70. The maximum Gasteiger partial charge on any atom is 0.233 e. The van der Waals surface area contributed by atoms with E-state index in [0.29, 0.717) is 24.9 Å². The molecule has 0 aliphatic carbocycles. The lowest BCUT2D eigenvalue weighted by Gasteiger charge is -2.20. The Hall–Kier alpha value is -1.30. The zero-order valence-corrected chi connectivity index (χ0v) is 12.9. The summed E-state index contributed by atoms with van der Waals surface area (Å²) in [5, 5.41) is 8.72. The van der Waals surface area contributed by atoms with E-state index in [2.05, 4.69) is 30.6 Å². The van der Waals surface area contributed by atoms with Crippen molar-refractivity contribution in [1.29, 1.82) is 0 Å². The number of hydrogen-bond donors (Lipinski definition) is 0. The summed E-state index contributed by atoms with van der Waals surface area (Å²) in [4.78, 5) is 13.9. The van der Waals surface area contributed by atoms with E-state index in [1.54, 1.807) is 11.2 Å². The Bertz CT molecular complexity index is 442. The Kier molecular flexibility index (Phi) is 6.08. The molecular formula is C13H22N4OS. The lowest BCUT2D eigenvalue weighted by atomic mass is 10.3. The monoisotopic (exact) mass is 282 g/mol. The van der Waals surface area contributed by atoms with Gasteiger partial charge in [-0.05, 0) is 27.7 Å². The number of rotatable bonds is 7. The average Bonchev–Trinajstić information content (AvgIpc) is 2.81. The number of thioether (sulfide) groups is 1. The molecule has 0 spiro atoms. The van der Waals surface area contributed by atoms with Gasteiger partial charge in [0, 0.05) is 19.1 Å². The van der Waals surface area contributed by atoms with Gasteiger partial charge in [0.15, 0.2) is 5.16 Å². The van der Waals surface area contributed by atoms with Crippen LogP contribution < -0.4 is 0 Å². The zero-order chi connectivity index (χ0) is 14.4. The Morgan fingerprint density at radius 2 is 2.26 bits per heavy atom. The average molecular weight is 282 g/mol. The number of nitrogens with zero attached hydrogens (tertiary/aromatic N) is 4. The molecule has 0 unspecified atom stereocenters. The van der Waals surface area contributed by atoms with Crippen LogP contribution in [0.4, 0.5) is 0 Å². The Morgan fingerprint density at radius 3 is 2.79 bits per heavy atom. The van der Waals surface area contributed by atoms with Crippen molar-refractivity contribution in [2.45, 2.75) is 38.9 Å². The van der Waals surface area contributed by atoms with Gasteiger partial charge in [0.2, 0.25) is 5.91 Å². The first-order valence-corrected chi connectivity index (χ1v) is 7.38. The van der Waals surface area contributed by atoms with E-state index < -0.39 is 0 Å². The molecule has 0 aliphatic rings. The second kappa shape index (κ2) is 7.33. The van der Waals surface area contributed by atoms with Crippen molar-refractivity contribution in [3.8, 4) is 0 Å². The van der Waals surface area contributed by atoms with Gasteiger partial charge < -0.3 is 9.47 Å². The molecule has 1 rings (SSSR count). The largest absolute Gasteiger partial charge is 0.338 e. The smallest absolute Gasteiger partial charge is 0.233 e. The fourth-order valence-electron chi connectivity index (χ4n) is 1.61. The maximum absolute atomic E-state index is 12.1. The molecule has 106 valence electrons. The van der Waals surface area contributed by atoms with Crippen molar-refractivity contribution >= 4 is 17.7 Å². The minimum absolute atomic E-state index is 0.105. The molecule has 1 aromatic heterocycles. The van der Waals surface area contributed by atoms with Crippen molar-refractivity contribution < 1.29 is 4.79 Å². The van der Waals surface area contributed by atoms with Gasteiger partial charge in [0.05, 0.1) is 5.75 Å². The van der Waals surface area contributed by atoms with Gasteiger partial charge in [-0.1, -0.05) is 23.9 Å². The Balaban J connectivity index is 2.57. The first-order chi connectivity index (χ1) is 8.95. The molecule has 0 N–H and O–H groups in total. The van der Waals surface area contributed by atoms with Crippen LogP contribution in [0, 0.1) is 0 Å². The summed E-state index contributed by atoms with van der Waals surface area (Å²) < 4.78 is 1.97. The second-order valence-electron chi connectivity index (χ2n) is 4.77. The molecule has 1 heterocycles. The maximum atomic E-state index is 12.1. The summed E-state index contributed by atoms with van der Waals surface area (Å²) in [6, 6.07) is 0.297. The summed E-state index contributed by atoms with van der Waals surface area (Å²) in [6.07, 6.45) is 1.70. The van der Waals surface area contributed by atoms with Crippen LogP contribution in [0.3, 0.4) is 0 Å². The number of hydrogen-bond acceptors (Lipinski definition) is 4. The van der Waals surface area contributed by atoms with E-state index in [-0.39, 0.29) is 5.91 Å². The van der Waals surface area contributed by atoms with Gasteiger partial charge in [0.1, 0.15) is 6.33 Å². The van der Waals surface area contributed by atoms with Crippen molar-refractivity contribution in [1.82, 2.24) is 19.7 Å². The number of likely N-dealkylation sites (N-methyl/N-ethyl adjacent to an activating group) is 1. The second-order valence-corrected chi connectivity index (χ2v) is 5.71. The van der Waals surface area contributed by atoms with Crippen LogP contribution in [0.5, 0.6) is 0 Å². The van der Waals surface area contributed by atoms with Gasteiger partial charge in [-0.3, -0.25) is 4.79 Å². The van der Waals surface area contributed by atoms with Crippen LogP contribution in [0.1, 0.15) is 33.7 Å². The third-order valence-electron chi connectivity index (χ3n) is 2.62. The molecule has 5 nitrogen and oxygen atoms in total. The van der Waals surface area contributed by atoms with Crippen LogP contribution in [0.15, 0.2) is 23.6 Å². The number of amides is 1. The van der Waals surface area contributed by atoms with Crippen molar-refractivity contribution in [2.75, 3.05) is 18.8 Å². The lowest BCUT2D eigenvalue weighted by Crippen LogP contribution is -2.33. The molecule has 6 heteroatoms. The molecule has 0 fully saturated rings. The van der Waals surface area contributed by atoms with Crippen molar-refractivity contribution in [3.63, 3.8) is 0 Å². The SMILES string of the molecule is C=C(C)CN(CC)C(=O)CSc1nncn1C(C)C. The first kappa shape index (κ1) is 15.8. The minimum atomic E-state index is 0.105. The predicted octanol–water partition coefficient (Wildman–Crippen LogP) is 2.38. The fraction of sp³-hybridized carbons (Fsp3) is 0.615. The molecule has 0 radical (unpaired) electrons. The third-order valence-corrected chi connectivity index (χ3v) is 3.56. The topological polar surface area (TPSA) is 51.0 Å². The standard InChI is InChI=1S/C13H22N4OS/c1-6-16(7-10(2)3)12(18)8-19-13-15-14-9-17(13)11(4)5/h9,11H,2,6-8H2,1,3-5H3. The van der Waals surface area contributed by atoms with E-state index in [4.69, 9.17) is 0 Å². The van der Waals surface area contributed by atoms with E-state index in [9.17, 15) is 4.79 Å². The van der Waals surface area contributed by atoms with Crippen LogP contribution in [-0.4, -0.2) is 44.4 Å². The molecule has 0 saturated heterocycles. The summed E-state index contributed by atoms with van der Waals surface area (Å²) in [6.45, 7) is 13.2. The molecule has 0 aliphatic heterocycles. The summed E-state index contributed by atoms with van der Waals surface area (Å²) in [5.41, 5.74) is 0.991. The highest BCUT2D eigenvalue weighted by Gasteiger charge is 2.15. The van der Waals surface area contributed by atoms with Gasteiger partial charge in [-0.25, -0.2) is 0 Å². The lowest BCUT2D eigenvalue weighted by molar-refractivity contribution is -0.127. The molecule has 19 heavy (non-hydrogen) atoms. The quantitative estimate of drug-likeness (QED) is 0.569. The fourth-order valence-corrected chi connectivity index (χ4v) is 2.56. The Labute approximate surface area is 119 Å². The molecule has 0 saturated carbocycles. The van der Waals surface area contributed by atoms with Crippen molar-refractivity contribution in [3.05, 3.63) is 18.5 Å². The molecule has 1 amide bonds. The van der Waals surface area contributed by atoms with Crippen LogP contribution in [0.25, 0.3) is 0 Å². The van der Waals surface area contributed by atoms with Crippen LogP contribution >= 0.6 is 11.8 Å². The summed E-state index contributed by atoms with van der Waals surface area (Å²) in [7, 11) is 0. The van der Waals surface area contributed by atoms with E-state index >= 15 is 0 Å². The zero-order valence-electron chi connectivity index (χ0n) is 12.1. The summed E-state index contributed by atoms with van der Waals surface area (Å²) in [5.74, 6) is 0.487. The number of carbonyl (C=O) groups excluding carboxylic acids is 1. The molecule has 1 aromatic rings. The number of aromatic nitrogens is 3. The van der Waals surface area contributed by atoms with Gasteiger partial charge in [-0.2, -0.15) is 0 Å². The minimum Gasteiger partial charge on any atom is -0.338 e. The molecule has 0 atom stereocenters. The highest BCUT2D eigenvalue weighted by molar-refractivity contribution is 7.99. The van der Waals surface area contributed by atoms with Crippen LogP contribution in [0.2, 0.25) is 0 Å². The van der Waals surface area contributed by atoms with E-state index in [0.717, 1.165) is 10.7 Å². The van der Waals surface area contributed by atoms with E-state index in [1.807, 2.05) is 18.4 Å². The normalized spacial score (nSPS) is 10.8.